The molecule has 0 radical (unpaired) electrons. The number of nitrogens with zero attached hydrogens (tertiary/aromatic N) is 3. The summed E-state index contributed by atoms with van der Waals surface area (Å²) >= 11 is 0. The van der Waals surface area contributed by atoms with E-state index in [1.54, 1.807) is 42.7 Å². The van der Waals surface area contributed by atoms with E-state index in [-0.39, 0.29) is 28.5 Å². The summed E-state index contributed by atoms with van der Waals surface area (Å²) < 4.78 is 13.6. The van der Waals surface area contributed by atoms with Crippen LogP contribution in [0.15, 0.2) is 47.7 Å². The van der Waals surface area contributed by atoms with Crippen molar-refractivity contribution in [2.75, 3.05) is 26.3 Å². The van der Waals surface area contributed by atoms with Gasteiger partial charge in [-0.2, -0.15) is 0 Å². The van der Waals surface area contributed by atoms with Gasteiger partial charge in [0.15, 0.2) is 0 Å². The number of fused-ring (bicyclic) bond motifs is 1. The van der Waals surface area contributed by atoms with Crippen LogP contribution < -0.4 is 5.56 Å². The van der Waals surface area contributed by atoms with E-state index in [2.05, 4.69) is 4.98 Å². The Morgan fingerprint density at radius 2 is 2.17 bits per heavy atom. The zero-order chi connectivity index (χ0) is 20.3. The minimum Gasteiger partial charge on any atom is -0.377 e. The van der Waals surface area contributed by atoms with Crippen LogP contribution >= 0.6 is 0 Å². The van der Waals surface area contributed by atoms with Crippen LogP contribution in [0, 0.1) is 5.41 Å². The fourth-order valence-corrected chi connectivity index (χ4v) is 4.46. The number of carbonyl (C=O) groups is 1. The Hall–Kier alpha value is -2.51. The van der Waals surface area contributed by atoms with Crippen molar-refractivity contribution in [1.82, 2.24) is 14.5 Å². The minimum absolute atomic E-state index is 0.0800. The van der Waals surface area contributed by atoms with Gasteiger partial charge in [0.1, 0.15) is 5.56 Å². The molecule has 154 valence electrons. The van der Waals surface area contributed by atoms with Crippen molar-refractivity contribution in [3.8, 4) is 0 Å². The van der Waals surface area contributed by atoms with Gasteiger partial charge in [0, 0.05) is 50.7 Å². The Kier molecular flexibility index (Phi) is 5.78. The Bertz CT molecular complexity index is 914. The molecular weight excluding hydrogens is 370 g/mol. The van der Waals surface area contributed by atoms with E-state index in [1.807, 2.05) is 12.1 Å². The second kappa shape index (κ2) is 8.47. The highest BCUT2D eigenvalue weighted by Crippen LogP contribution is 2.40. The molecule has 0 saturated carbocycles. The first-order valence-corrected chi connectivity index (χ1v) is 10.1. The lowest BCUT2D eigenvalue weighted by molar-refractivity contribution is -0.148. The van der Waals surface area contributed by atoms with E-state index in [9.17, 15) is 9.59 Å². The number of aromatic nitrogens is 2. The molecule has 0 bridgehead atoms. The average molecular weight is 397 g/mol. The van der Waals surface area contributed by atoms with Crippen LogP contribution in [0.4, 0.5) is 0 Å². The summed E-state index contributed by atoms with van der Waals surface area (Å²) in [7, 11) is 1.66. The van der Waals surface area contributed by atoms with E-state index >= 15 is 0 Å². The van der Waals surface area contributed by atoms with Gasteiger partial charge in [-0.1, -0.05) is 0 Å². The van der Waals surface area contributed by atoms with Crippen LogP contribution in [0.25, 0.3) is 0 Å². The molecule has 2 aromatic heterocycles. The number of carbonyl (C=O) groups excluding carboxylic acids is 1. The van der Waals surface area contributed by atoms with Gasteiger partial charge in [-0.15, -0.1) is 0 Å². The second-order valence-corrected chi connectivity index (χ2v) is 8.03. The Morgan fingerprint density at radius 3 is 3.00 bits per heavy atom. The van der Waals surface area contributed by atoms with Gasteiger partial charge in [0.2, 0.25) is 0 Å². The van der Waals surface area contributed by atoms with Crippen LogP contribution in [-0.2, 0) is 23.1 Å². The van der Waals surface area contributed by atoms with E-state index in [0.29, 0.717) is 26.3 Å². The number of rotatable bonds is 5. The molecule has 1 amide bonds. The molecule has 0 aromatic carbocycles. The fourth-order valence-electron chi connectivity index (χ4n) is 4.46. The monoisotopic (exact) mass is 397 g/mol. The van der Waals surface area contributed by atoms with Crippen molar-refractivity contribution in [3.05, 3.63) is 64.3 Å². The highest BCUT2D eigenvalue weighted by molar-refractivity contribution is 5.94. The largest absolute Gasteiger partial charge is 0.377 e. The summed E-state index contributed by atoms with van der Waals surface area (Å²) in [5.74, 6) is -0.205. The highest BCUT2D eigenvalue weighted by Gasteiger charge is 2.47. The molecule has 0 spiro atoms. The number of pyridine rings is 2. The predicted molar refractivity (Wildman–Crippen MR) is 108 cm³/mol. The summed E-state index contributed by atoms with van der Waals surface area (Å²) in [5, 5.41) is 0. The molecule has 2 aliphatic rings. The topological polar surface area (TPSA) is 73.7 Å². The van der Waals surface area contributed by atoms with Crippen molar-refractivity contribution in [3.63, 3.8) is 0 Å². The minimum atomic E-state index is -0.262. The molecule has 29 heavy (non-hydrogen) atoms. The standard InChI is InChI=1S/C22H27N3O4/c1-24-11-2-4-18(20(24)26)21(27)25-12-7-19-22(15-25,8-3-13-29-19)16-28-14-17-5-9-23-10-6-17/h2,4-6,9-11,19H,3,7-8,12-16H2,1H3. The van der Waals surface area contributed by atoms with Crippen LogP contribution in [0.1, 0.15) is 35.2 Å². The number of piperidine rings is 1. The Morgan fingerprint density at radius 1 is 1.34 bits per heavy atom. The number of hydrogen-bond donors (Lipinski definition) is 0. The molecule has 2 saturated heterocycles. The molecule has 2 aromatic rings. The van der Waals surface area contributed by atoms with Gasteiger partial charge in [0.05, 0.1) is 19.3 Å². The third-order valence-corrected chi connectivity index (χ3v) is 6.04. The third-order valence-electron chi connectivity index (χ3n) is 6.04. The lowest BCUT2D eigenvalue weighted by atomic mass is 9.73. The number of aryl methyl sites for hydroxylation is 1. The lowest BCUT2D eigenvalue weighted by Gasteiger charge is -2.50. The quantitative estimate of drug-likeness (QED) is 0.772. The first-order valence-electron chi connectivity index (χ1n) is 10.1. The second-order valence-electron chi connectivity index (χ2n) is 8.03. The van der Waals surface area contributed by atoms with E-state index in [1.165, 1.54) is 4.57 Å². The Balaban J connectivity index is 1.50. The van der Waals surface area contributed by atoms with E-state index in [0.717, 1.165) is 31.4 Å². The van der Waals surface area contributed by atoms with Crippen molar-refractivity contribution >= 4 is 5.91 Å². The first-order chi connectivity index (χ1) is 14.1. The van der Waals surface area contributed by atoms with Crippen LogP contribution in [0.2, 0.25) is 0 Å². The Labute approximate surface area is 170 Å². The van der Waals surface area contributed by atoms with Gasteiger partial charge in [0.25, 0.3) is 11.5 Å². The van der Waals surface area contributed by atoms with Crippen molar-refractivity contribution in [2.24, 2.45) is 12.5 Å². The lowest BCUT2D eigenvalue weighted by Crippen LogP contribution is -2.58. The summed E-state index contributed by atoms with van der Waals surface area (Å²) in [6, 6.07) is 7.22. The van der Waals surface area contributed by atoms with Gasteiger partial charge in [-0.05, 0) is 49.1 Å². The third kappa shape index (κ3) is 4.11. The van der Waals surface area contributed by atoms with Gasteiger partial charge in [-0.25, -0.2) is 0 Å². The molecule has 2 aliphatic heterocycles. The molecular formula is C22H27N3O4. The summed E-state index contributed by atoms with van der Waals surface area (Å²) in [5.41, 5.74) is 0.792. The molecule has 4 rings (SSSR count). The van der Waals surface area contributed by atoms with Crippen LogP contribution in [0.5, 0.6) is 0 Å². The predicted octanol–water partition coefficient (Wildman–Crippen LogP) is 2.01. The van der Waals surface area contributed by atoms with Crippen molar-refractivity contribution in [1.29, 1.82) is 0 Å². The molecule has 2 atom stereocenters. The van der Waals surface area contributed by atoms with Crippen LogP contribution in [0.3, 0.4) is 0 Å². The van der Waals surface area contributed by atoms with E-state index < -0.39 is 0 Å². The van der Waals surface area contributed by atoms with Crippen molar-refractivity contribution in [2.45, 2.75) is 32.0 Å². The van der Waals surface area contributed by atoms with Gasteiger partial charge < -0.3 is 18.9 Å². The number of amides is 1. The normalized spacial score (nSPS) is 24.2. The maximum atomic E-state index is 13.1. The molecule has 0 aliphatic carbocycles. The molecule has 4 heterocycles. The highest BCUT2D eigenvalue weighted by atomic mass is 16.5. The fraction of sp³-hybridized carbons (Fsp3) is 0.500. The molecule has 7 heteroatoms. The number of hydrogen-bond acceptors (Lipinski definition) is 5. The maximum absolute atomic E-state index is 13.1. The summed E-state index contributed by atoms with van der Waals surface area (Å²) in [4.78, 5) is 31.3. The molecule has 0 N–H and O–H groups in total. The molecule has 7 nitrogen and oxygen atoms in total. The first kappa shape index (κ1) is 19.8. The average Bonchev–Trinajstić information content (AvgIpc) is 2.75. The zero-order valence-electron chi connectivity index (χ0n) is 16.8. The smallest absolute Gasteiger partial charge is 0.263 e. The van der Waals surface area contributed by atoms with Crippen molar-refractivity contribution < 1.29 is 14.3 Å². The number of likely N-dealkylation sites (tertiary alicyclic amines) is 1. The summed E-state index contributed by atoms with van der Waals surface area (Å²) in [6.45, 7) is 2.92. The molecule has 2 fully saturated rings. The number of ether oxygens (including phenoxy) is 2. The van der Waals surface area contributed by atoms with Gasteiger partial charge >= 0.3 is 0 Å². The zero-order valence-corrected chi connectivity index (χ0v) is 16.8. The summed E-state index contributed by atoms with van der Waals surface area (Å²) in [6.07, 6.45) is 7.91. The molecule has 2 unspecified atom stereocenters. The SMILES string of the molecule is Cn1cccc(C(=O)N2CCC3OCCCC3(COCc3ccncc3)C2)c1=O. The maximum Gasteiger partial charge on any atom is 0.263 e. The van der Waals surface area contributed by atoms with E-state index in [4.69, 9.17) is 9.47 Å². The van der Waals surface area contributed by atoms with Crippen LogP contribution in [-0.4, -0.2) is 52.8 Å². The van der Waals surface area contributed by atoms with Gasteiger partial charge in [-0.3, -0.25) is 14.6 Å².